The van der Waals surface area contributed by atoms with Crippen molar-refractivity contribution >= 4 is 12.2 Å². The second-order valence-electron chi connectivity index (χ2n) is 4.68. The summed E-state index contributed by atoms with van der Waals surface area (Å²) in [5.41, 5.74) is 3.73. The number of H-pyrrole nitrogens is 1. The highest BCUT2D eigenvalue weighted by atomic mass is 32.1. The average molecular weight is 261 g/mol. The molecule has 0 aliphatic carbocycles. The Bertz CT molecular complexity index is 615. The van der Waals surface area contributed by atoms with Crippen LogP contribution >= 0.6 is 12.2 Å². The largest absolute Gasteiger partial charge is 0.334 e. The second-order valence-corrected chi connectivity index (χ2v) is 5.06. The number of hydrogen-bond donors (Lipinski definition) is 1. The number of nitrogens with one attached hydrogen (secondary N) is 1. The Morgan fingerprint density at radius 1 is 1.44 bits per heavy atom. The van der Waals surface area contributed by atoms with Crippen molar-refractivity contribution in [2.75, 3.05) is 6.54 Å². The summed E-state index contributed by atoms with van der Waals surface area (Å²) >= 11 is 5.04. The van der Waals surface area contributed by atoms with Crippen molar-refractivity contribution < 1.29 is 0 Å². The van der Waals surface area contributed by atoms with Gasteiger partial charge in [-0.2, -0.15) is 5.10 Å². The maximum absolute atomic E-state index is 5.04. The van der Waals surface area contributed by atoms with Gasteiger partial charge in [-0.15, -0.1) is 0 Å². The lowest BCUT2D eigenvalue weighted by molar-refractivity contribution is 0.242. The highest BCUT2D eigenvalue weighted by Gasteiger charge is 2.17. The first-order valence-electron chi connectivity index (χ1n) is 5.97. The fourth-order valence-corrected chi connectivity index (χ4v) is 2.53. The summed E-state index contributed by atoms with van der Waals surface area (Å²) in [6.07, 6.45) is 6.88. The van der Waals surface area contributed by atoms with Crippen molar-refractivity contribution in [2.45, 2.75) is 19.5 Å². The second kappa shape index (κ2) is 4.62. The van der Waals surface area contributed by atoms with E-state index in [4.69, 9.17) is 12.2 Å². The first-order valence-corrected chi connectivity index (χ1v) is 6.38. The van der Waals surface area contributed by atoms with Crippen LogP contribution in [0.25, 0.3) is 0 Å². The van der Waals surface area contributed by atoms with Gasteiger partial charge in [-0.3, -0.25) is 9.58 Å². The van der Waals surface area contributed by atoms with Crippen molar-refractivity contribution in [1.29, 1.82) is 0 Å². The van der Waals surface area contributed by atoms with E-state index in [0.29, 0.717) is 4.77 Å². The van der Waals surface area contributed by atoms with Gasteiger partial charge >= 0.3 is 0 Å². The molecule has 0 atom stereocenters. The monoisotopic (exact) mass is 261 g/mol. The normalized spacial score (nSPS) is 15.6. The standard InChI is InChI=1S/C12H15N5S/c1-16-6-9(4-14-16)7-17-3-2-11-10(8-17)5-13-12(18)15-11/h4-6H,2-3,7-8H2,1H3,(H,13,15,18). The number of rotatable bonds is 2. The van der Waals surface area contributed by atoms with Gasteiger partial charge in [0.2, 0.25) is 0 Å². The third-order valence-corrected chi connectivity index (χ3v) is 3.43. The molecule has 5 nitrogen and oxygen atoms in total. The number of nitrogens with zero attached hydrogens (tertiary/aromatic N) is 4. The van der Waals surface area contributed by atoms with Gasteiger partial charge in [-0.1, -0.05) is 0 Å². The molecule has 0 radical (unpaired) electrons. The van der Waals surface area contributed by atoms with Gasteiger partial charge in [0.15, 0.2) is 4.77 Å². The molecule has 2 aromatic heterocycles. The van der Waals surface area contributed by atoms with Crippen LogP contribution in [0.1, 0.15) is 16.8 Å². The van der Waals surface area contributed by atoms with Gasteiger partial charge in [0.1, 0.15) is 0 Å². The highest BCUT2D eigenvalue weighted by molar-refractivity contribution is 7.71. The van der Waals surface area contributed by atoms with Crippen LogP contribution < -0.4 is 0 Å². The molecule has 0 fully saturated rings. The van der Waals surface area contributed by atoms with Crippen LogP contribution in [0.2, 0.25) is 0 Å². The lowest BCUT2D eigenvalue weighted by Crippen LogP contribution is -2.30. The predicted octanol–water partition coefficient (Wildman–Crippen LogP) is 1.43. The summed E-state index contributed by atoms with van der Waals surface area (Å²) in [5, 5.41) is 4.20. The Morgan fingerprint density at radius 2 is 2.33 bits per heavy atom. The molecule has 3 heterocycles. The third kappa shape index (κ3) is 2.34. The molecule has 2 aromatic rings. The molecule has 0 aromatic carbocycles. The number of fused-ring (bicyclic) bond motifs is 1. The van der Waals surface area contributed by atoms with Crippen LogP contribution in [0.15, 0.2) is 18.6 Å². The molecule has 0 bridgehead atoms. The minimum Gasteiger partial charge on any atom is -0.334 e. The summed E-state index contributed by atoms with van der Waals surface area (Å²) in [6, 6.07) is 0. The molecule has 0 amide bonds. The van der Waals surface area contributed by atoms with Crippen molar-refractivity contribution in [3.63, 3.8) is 0 Å². The van der Waals surface area contributed by atoms with Crippen molar-refractivity contribution in [3.05, 3.63) is 40.2 Å². The molecule has 0 saturated carbocycles. The van der Waals surface area contributed by atoms with E-state index in [2.05, 4.69) is 26.2 Å². The van der Waals surface area contributed by atoms with Crippen LogP contribution in [-0.2, 0) is 26.6 Å². The van der Waals surface area contributed by atoms with Gasteiger partial charge in [0.05, 0.1) is 6.20 Å². The van der Waals surface area contributed by atoms with E-state index in [1.165, 1.54) is 16.8 Å². The molecule has 0 spiro atoms. The first-order chi connectivity index (χ1) is 8.70. The van der Waals surface area contributed by atoms with Gasteiger partial charge in [-0.25, -0.2) is 4.98 Å². The summed E-state index contributed by atoms with van der Waals surface area (Å²) < 4.78 is 2.42. The SMILES string of the molecule is Cn1cc(CN2CCc3[nH]c(=S)ncc3C2)cn1. The van der Waals surface area contributed by atoms with Gasteiger partial charge in [-0.05, 0) is 12.2 Å². The zero-order valence-electron chi connectivity index (χ0n) is 10.3. The molecular formula is C12H15N5S. The van der Waals surface area contributed by atoms with E-state index in [1.807, 2.05) is 24.1 Å². The van der Waals surface area contributed by atoms with Gasteiger partial charge in [0.25, 0.3) is 0 Å². The highest BCUT2D eigenvalue weighted by Crippen LogP contribution is 2.17. The zero-order valence-corrected chi connectivity index (χ0v) is 11.1. The fourth-order valence-electron chi connectivity index (χ4n) is 2.35. The molecule has 18 heavy (non-hydrogen) atoms. The maximum Gasteiger partial charge on any atom is 0.196 e. The summed E-state index contributed by atoms with van der Waals surface area (Å²) in [6.45, 7) is 2.89. The minimum atomic E-state index is 0.578. The van der Waals surface area contributed by atoms with Crippen LogP contribution in [0, 0.1) is 4.77 Å². The molecule has 6 heteroatoms. The smallest absolute Gasteiger partial charge is 0.196 e. The van der Waals surface area contributed by atoms with E-state index in [1.54, 1.807) is 0 Å². The summed E-state index contributed by atoms with van der Waals surface area (Å²) in [5.74, 6) is 0. The molecule has 0 unspecified atom stereocenters. The van der Waals surface area contributed by atoms with Crippen LogP contribution in [0.3, 0.4) is 0 Å². The van der Waals surface area contributed by atoms with Crippen molar-refractivity contribution in [1.82, 2.24) is 24.6 Å². The molecule has 1 aliphatic rings. The molecular weight excluding hydrogens is 246 g/mol. The Hall–Kier alpha value is -1.53. The molecule has 3 rings (SSSR count). The number of aryl methyl sites for hydroxylation is 1. The van der Waals surface area contributed by atoms with Gasteiger partial charge < -0.3 is 4.98 Å². The Morgan fingerprint density at radius 3 is 3.11 bits per heavy atom. The Balaban J connectivity index is 1.75. The van der Waals surface area contributed by atoms with E-state index in [-0.39, 0.29) is 0 Å². The van der Waals surface area contributed by atoms with Crippen LogP contribution in [-0.4, -0.2) is 31.2 Å². The quantitative estimate of drug-likeness (QED) is 0.831. The number of aromatic nitrogens is 4. The van der Waals surface area contributed by atoms with Gasteiger partial charge in [0, 0.05) is 62.3 Å². The number of hydrogen-bond acceptors (Lipinski definition) is 4. The minimum absolute atomic E-state index is 0.578. The van der Waals surface area contributed by atoms with Crippen LogP contribution in [0.5, 0.6) is 0 Å². The van der Waals surface area contributed by atoms with E-state index in [0.717, 1.165) is 26.1 Å². The zero-order chi connectivity index (χ0) is 12.5. The van der Waals surface area contributed by atoms with E-state index < -0.39 is 0 Å². The van der Waals surface area contributed by atoms with Crippen LogP contribution in [0.4, 0.5) is 0 Å². The Kier molecular flexibility index (Phi) is 2.97. The molecule has 1 aliphatic heterocycles. The lowest BCUT2D eigenvalue weighted by atomic mass is 10.1. The fraction of sp³-hybridized carbons (Fsp3) is 0.417. The molecule has 94 valence electrons. The maximum atomic E-state index is 5.04. The van der Waals surface area contributed by atoms with Crippen molar-refractivity contribution in [3.8, 4) is 0 Å². The molecule has 0 saturated heterocycles. The summed E-state index contributed by atoms with van der Waals surface area (Å²) in [4.78, 5) is 9.73. The van der Waals surface area contributed by atoms with E-state index >= 15 is 0 Å². The lowest BCUT2D eigenvalue weighted by Gasteiger charge is -2.27. The Labute approximate surface area is 110 Å². The predicted molar refractivity (Wildman–Crippen MR) is 70.4 cm³/mol. The number of aromatic amines is 1. The molecule has 1 N–H and O–H groups in total. The van der Waals surface area contributed by atoms with Crippen molar-refractivity contribution in [2.24, 2.45) is 7.05 Å². The van der Waals surface area contributed by atoms with E-state index in [9.17, 15) is 0 Å². The first kappa shape index (κ1) is 11.6. The third-order valence-electron chi connectivity index (χ3n) is 3.22. The topological polar surface area (TPSA) is 49.7 Å². The summed E-state index contributed by atoms with van der Waals surface area (Å²) in [7, 11) is 1.94. The average Bonchev–Trinajstić information content (AvgIpc) is 2.75.